The first kappa shape index (κ1) is 10.0. The van der Waals surface area contributed by atoms with E-state index in [2.05, 4.69) is 27.7 Å². The molecule has 0 aromatic carbocycles. The molecule has 1 nitrogen and oxygen atoms in total. The third kappa shape index (κ3) is 1.39. The zero-order chi connectivity index (χ0) is 9.41. The summed E-state index contributed by atoms with van der Waals surface area (Å²) in [7, 11) is 0. The van der Waals surface area contributed by atoms with E-state index < -0.39 is 0 Å². The maximum Gasteiger partial charge on any atom is 0.0156 e. The van der Waals surface area contributed by atoms with Gasteiger partial charge in [-0.15, -0.1) is 0 Å². The van der Waals surface area contributed by atoms with Gasteiger partial charge in [0, 0.05) is 5.54 Å². The summed E-state index contributed by atoms with van der Waals surface area (Å²) in [5.41, 5.74) is 6.74. The van der Waals surface area contributed by atoms with Crippen LogP contribution in [0.1, 0.15) is 53.4 Å². The molecule has 72 valence electrons. The maximum atomic E-state index is 6.23. The Bertz CT molecular complexity index is 147. The summed E-state index contributed by atoms with van der Waals surface area (Å²) in [5.74, 6) is 0.845. The monoisotopic (exact) mass is 169 g/mol. The highest BCUT2D eigenvalue weighted by molar-refractivity contribution is 5.09. The third-order valence-electron chi connectivity index (χ3n) is 3.84. The molecular formula is C11H23N. The van der Waals surface area contributed by atoms with Gasteiger partial charge in [-0.1, -0.05) is 26.7 Å². The topological polar surface area (TPSA) is 26.0 Å². The lowest BCUT2D eigenvalue weighted by atomic mass is 9.73. The molecular weight excluding hydrogens is 146 g/mol. The Morgan fingerprint density at radius 1 is 1.25 bits per heavy atom. The largest absolute Gasteiger partial charge is 0.325 e. The highest BCUT2D eigenvalue weighted by Gasteiger charge is 2.55. The fourth-order valence-corrected chi connectivity index (χ4v) is 2.78. The van der Waals surface area contributed by atoms with Gasteiger partial charge in [0.25, 0.3) is 0 Å². The van der Waals surface area contributed by atoms with Crippen molar-refractivity contribution in [3.05, 3.63) is 0 Å². The third-order valence-corrected chi connectivity index (χ3v) is 3.84. The lowest BCUT2D eigenvalue weighted by Gasteiger charge is -2.37. The molecule has 1 saturated carbocycles. The number of nitrogens with two attached hydrogens (primary N) is 1. The molecule has 0 aliphatic heterocycles. The molecule has 0 heterocycles. The van der Waals surface area contributed by atoms with E-state index in [-0.39, 0.29) is 5.54 Å². The predicted molar refractivity (Wildman–Crippen MR) is 54.0 cm³/mol. The number of hydrogen-bond donors (Lipinski definition) is 1. The van der Waals surface area contributed by atoms with Crippen molar-refractivity contribution in [3.8, 4) is 0 Å². The molecule has 0 unspecified atom stereocenters. The molecule has 1 aliphatic rings. The van der Waals surface area contributed by atoms with Crippen molar-refractivity contribution >= 4 is 0 Å². The van der Waals surface area contributed by atoms with E-state index in [1.165, 1.54) is 25.7 Å². The molecule has 12 heavy (non-hydrogen) atoms. The average Bonchev–Trinajstić information content (AvgIpc) is 2.69. The summed E-state index contributed by atoms with van der Waals surface area (Å²) in [6.45, 7) is 8.97. The zero-order valence-electron chi connectivity index (χ0n) is 8.98. The molecule has 0 saturated heterocycles. The van der Waals surface area contributed by atoms with Crippen LogP contribution in [0.3, 0.4) is 0 Å². The van der Waals surface area contributed by atoms with Crippen LogP contribution in [0.4, 0.5) is 0 Å². The van der Waals surface area contributed by atoms with Gasteiger partial charge in [0.2, 0.25) is 0 Å². The van der Waals surface area contributed by atoms with Gasteiger partial charge < -0.3 is 5.73 Å². The minimum Gasteiger partial charge on any atom is -0.325 e. The smallest absolute Gasteiger partial charge is 0.0156 e. The van der Waals surface area contributed by atoms with Gasteiger partial charge in [0.15, 0.2) is 0 Å². The standard InChI is InChI=1S/C11H23N/c1-5-9(6-2)11(7-8-11)10(3,4)12/h9H,5-8,12H2,1-4H3. The van der Waals surface area contributed by atoms with Gasteiger partial charge >= 0.3 is 0 Å². The van der Waals surface area contributed by atoms with Crippen molar-refractivity contribution < 1.29 is 0 Å². The second-order valence-electron chi connectivity index (χ2n) is 4.89. The second-order valence-corrected chi connectivity index (χ2v) is 4.89. The van der Waals surface area contributed by atoms with E-state index in [9.17, 15) is 0 Å². The van der Waals surface area contributed by atoms with Gasteiger partial charge in [-0.2, -0.15) is 0 Å². The predicted octanol–water partition coefficient (Wildman–Crippen LogP) is 2.94. The van der Waals surface area contributed by atoms with E-state index >= 15 is 0 Å². The normalized spacial score (nSPS) is 21.5. The van der Waals surface area contributed by atoms with Crippen molar-refractivity contribution in [3.63, 3.8) is 0 Å². The molecule has 1 rings (SSSR count). The first-order valence-electron chi connectivity index (χ1n) is 5.27. The van der Waals surface area contributed by atoms with Gasteiger partial charge in [-0.3, -0.25) is 0 Å². The van der Waals surface area contributed by atoms with Crippen molar-refractivity contribution in [2.45, 2.75) is 58.9 Å². The number of hydrogen-bond acceptors (Lipinski definition) is 1. The second kappa shape index (κ2) is 3.02. The van der Waals surface area contributed by atoms with E-state index in [0.717, 1.165) is 5.92 Å². The molecule has 0 radical (unpaired) electrons. The van der Waals surface area contributed by atoms with Crippen molar-refractivity contribution in [1.82, 2.24) is 0 Å². The van der Waals surface area contributed by atoms with Crippen LogP contribution < -0.4 is 5.73 Å². The highest BCUT2D eigenvalue weighted by Crippen LogP contribution is 2.60. The molecule has 1 fully saturated rings. The van der Waals surface area contributed by atoms with Crippen LogP contribution in [0.25, 0.3) is 0 Å². The van der Waals surface area contributed by atoms with Crippen LogP contribution in [-0.4, -0.2) is 5.54 Å². The fraction of sp³-hybridized carbons (Fsp3) is 1.00. The van der Waals surface area contributed by atoms with Crippen LogP contribution in [-0.2, 0) is 0 Å². The van der Waals surface area contributed by atoms with Crippen molar-refractivity contribution in [2.24, 2.45) is 17.1 Å². The molecule has 0 aromatic heterocycles. The molecule has 0 amide bonds. The van der Waals surface area contributed by atoms with Crippen LogP contribution >= 0.6 is 0 Å². The zero-order valence-corrected chi connectivity index (χ0v) is 8.98. The summed E-state index contributed by atoms with van der Waals surface area (Å²) >= 11 is 0. The van der Waals surface area contributed by atoms with Gasteiger partial charge in [-0.05, 0) is 38.0 Å². The summed E-state index contributed by atoms with van der Waals surface area (Å²) in [4.78, 5) is 0. The van der Waals surface area contributed by atoms with E-state index in [4.69, 9.17) is 5.73 Å². The fourth-order valence-electron chi connectivity index (χ4n) is 2.78. The van der Waals surface area contributed by atoms with Crippen LogP contribution in [0.15, 0.2) is 0 Å². The lowest BCUT2D eigenvalue weighted by molar-refractivity contribution is 0.178. The summed E-state index contributed by atoms with van der Waals surface area (Å²) in [5, 5.41) is 0. The minimum absolute atomic E-state index is 0.0314. The average molecular weight is 169 g/mol. The van der Waals surface area contributed by atoms with E-state index in [0.29, 0.717) is 5.41 Å². The Kier molecular flexibility index (Phi) is 2.53. The molecule has 2 N–H and O–H groups in total. The first-order valence-corrected chi connectivity index (χ1v) is 5.27. The molecule has 0 bridgehead atoms. The quantitative estimate of drug-likeness (QED) is 0.688. The van der Waals surface area contributed by atoms with Crippen LogP contribution in [0, 0.1) is 11.3 Å². The summed E-state index contributed by atoms with van der Waals surface area (Å²) in [6, 6.07) is 0. The van der Waals surface area contributed by atoms with Crippen LogP contribution in [0.2, 0.25) is 0 Å². The summed E-state index contributed by atoms with van der Waals surface area (Å²) in [6.07, 6.45) is 5.28. The maximum absolute atomic E-state index is 6.23. The molecule has 1 aliphatic carbocycles. The van der Waals surface area contributed by atoms with Gasteiger partial charge in [-0.25, -0.2) is 0 Å². The van der Waals surface area contributed by atoms with Gasteiger partial charge in [0.05, 0.1) is 0 Å². The lowest BCUT2D eigenvalue weighted by Crippen LogP contribution is -2.46. The Morgan fingerprint density at radius 3 is 1.75 bits per heavy atom. The molecule has 0 aromatic rings. The Hall–Kier alpha value is -0.0400. The van der Waals surface area contributed by atoms with E-state index in [1.54, 1.807) is 0 Å². The highest BCUT2D eigenvalue weighted by atomic mass is 14.8. The Morgan fingerprint density at radius 2 is 1.67 bits per heavy atom. The van der Waals surface area contributed by atoms with E-state index in [1.807, 2.05) is 0 Å². The molecule has 0 atom stereocenters. The van der Waals surface area contributed by atoms with Gasteiger partial charge in [0.1, 0.15) is 0 Å². The first-order chi connectivity index (χ1) is 5.48. The Balaban J connectivity index is 2.71. The molecule has 0 spiro atoms. The SMILES string of the molecule is CCC(CC)C1(C(C)(C)N)CC1. The van der Waals surface area contributed by atoms with Crippen molar-refractivity contribution in [1.29, 1.82) is 0 Å². The minimum atomic E-state index is 0.0314. The van der Waals surface area contributed by atoms with Crippen molar-refractivity contribution in [2.75, 3.05) is 0 Å². The Labute approximate surface area is 76.7 Å². The van der Waals surface area contributed by atoms with Crippen LogP contribution in [0.5, 0.6) is 0 Å². The molecule has 1 heteroatoms. The summed E-state index contributed by atoms with van der Waals surface area (Å²) < 4.78 is 0. The number of rotatable bonds is 4.